The third-order valence-corrected chi connectivity index (χ3v) is 4.32. The molecular weight excluding hydrogens is 315 g/mol. The van der Waals surface area contributed by atoms with Crippen LogP contribution in [0.5, 0.6) is 0 Å². The van der Waals surface area contributed by atoms with Gasteiger partial charge in [0.15, 0.2) is 5.82 Å². The van der Waals surface area contributed by atoms with Gasteiger partial charge < -0.3 is 4.52 Å². The van der Waals surface area contributed by atoms with Crippen LogP contribution in [0.2, 0.25) is 0 Å². The zero-order valence-electron chi connectivity index (χ0n) is 13.4. The van der Waals surface area contributed by atoms with Crippen molar-refractivity contribution in [1.29, 1.82) is 0 Å². The van der Waals surface area contributed by atoms with E-state index in [-0.39, 0.29) is 17.8 Å². The van der Waals surface area contributed by atoms with Gasteiger partial charge in [0.2, 0.25) is 5.89 Å². The number of benzene rings is 1. The van der Waals surface area contributed by atoms with Crippen molar-refractivity contribution in [1.82, 2.24) is 15.0 Å². The summed E-state index contributed by atoms with van der Waals surface area (Å²) in [6.45, 7) is 3.53. The van der Waals surface area contributed by atoms with Gasteiger partial charge in [-0.1, -0.05) is 11.2 Å². The van der Waals surface area contributed by atoms with Crippen LogP contribution >= 0.6 is 0 Å². The molecule has 8 heteroatoms. The first-order valence-corrected chi connectivity index (χ1v) is 7.96. The Morgan fingerprint density at radius 1 is 1.50 bits per heavy atom. The molecule has 1 aliphatic rings. The summed E-state index contributed by atoms with van der Waals surface area (Å²) in [5.74, 6) is 1.03. The quantitative estimate of drug-likeness (QED) is 0.617. The molecule has 1 atom stereocenters. The maximum Gasteiger partial charge on any atom is 0.276 e. The minimum absolute atomic E-state index is 0.151. The second-order valence-electron chi connectivity index (χ2n) is 6.17. The van der Waals surface area contributed by atoms with E-state index in [1.807, 2.05) is 0 Å². The number of hydrogen-bond donors (Lipinski definition) is 0. The van der Waals surface area contributed by atoms with Crippen molar-refractivity contribution in [2.75, 3.05) is 13.1 Å². The Morgan fingerprint density at radius 3 is 3.04 bits per heavy atom. The molecule has 0 radical (unpaired) electrons. The van der Waals surface area contributed by atoms with Gasteiger partial charge in [0.25, 0.3) is 5.69 Å². The van der Waals surface area contributed by atoms with E-state index in [1.165, 1.54) is 18.2 Å². The van der Waals surface area contributed by atoms with Crippen molar-refractivity contribution in [3.05, 3.63) is 51.4 Å². The van der Waals surface area contributed by atoms with E-state index in [0.717, 1.165) is 25.9 Å². The zero-order chi connectivity index (χ0) is 17.1. The molecule has 128 valence electrons. The zero-order valence-corrected chi connectivity index (χ0v) is 13.4. The molecule has 1 aromatic carbocycles. The third-order valence-electron chi connectivity index (χ3n) is 4.32. The number of nitrogens with zero attached hydrogens (tertiary/aromatic N) is 4. The van der Waals surface area contributed by atoms with Gasteiger partial charge in [-0.3, -0.25) is 15.0 Å². The molecule has 1 saturated heterocycles. The molecule has 1 aliphatic heterocycles. The maximum atomic E-state index is 14.0. The van der Waals surface area contributed by atoms with E-state index in [0.29, 0.717) is 24.1 Å². The van der Waals surface area contributed by atoms with Crippen LogP contribution in [0, 0.1) is 28.8 Å². The molecule has 2 heterocycles. The number of nitro benzene ring substituents is 1. The van der Waals surface area contributed by atoms with E-state index in [9.17, 15) is 14.5 Å². The number of likely N-dealkylation sites (tertiary alicyclic amines) is 1. The van der Waals surface area contributed by atoms with Gasteiger partial charge in [-0.15, -0.1) is 0 Å². The second kappa shape index (κ2) is 7.04. The molecule has 0 unspecified atom stereocenters. The van der Waals surface area contributed by atoms with Crippen molar-refractivity contribution >= 4 is 5.69 Å². The van der Waals surface area contributed by atoms with Gasteiger partial charge in [-0.05, 0) is 31.4 Å². The van der Waals surface area contributed by atoms with E-state index < -0.39 is 10.7 Å². The SMILES string of the molecule is Cc1nc(C[C@@H]2CCCN(Cc3c(F)cccc3[N+](=O)[O-])C2)no1. The fraction of sp³-hybridized carbons (Fsp3) is 0.500. The Kier molecular flexibility index (Phi) is 4.84. The lowest BCUT2D eigenvalue weighted by Crippen LogP contribution is -2.36. The Bertz CT molecular complexity index is 734. The topological polar surface area (TPSA) is 85.3 Å². The number of halogens is 1. The van der Waals surface area contributed by atoms with Crippen LogP contribution in [0.15, 0.2) is 22.7 Å². The Balaban J connectivity index is 1.68. The van der Waals surface area contributed by atoms with E-state index >= 15 is 0 Å². The van der Waals surface area contributed by atoms with Gasteiger partial charge in [0.05, 0.1) is 10.5 Å². The lowest BCUT2D eigenvalue weighted by Gasteiger charge is -2.32. The van der Waals surface area contributed by atoms with Crippen LogP contribution < -0.4 is 0 Å². The van der Waals surface area contributed by atoms with E-state index in [4.69, 9.17) is 4.52 Å². The smallest absolute Gasteiger partial charge is 0.276 e. The average molecular weight is 334 g/mol. The van der Waals surface area contributed by atoms with Crippen LogP contribution in [0.4, 0.5) is 10.1 Å². The van der Waals surface area contributed by atoms with Crippen molar-refractivity contribution in [3.8, 4) is 0 Å². The lowest BCUT2D eigenvalue weighted by atomic mass is 9.94. The highest BCUT2D eigenvalue weighted by atomic mass is 19.1. The molecule has 1 fully saturated rings. The normalized spacial score (nSPS) is 18.7. The fourth-order valence-corrected chi connectivity index (χ4v) is 3.24. The van der Waals surface area contributed by atoms with Gasteiger partial charge in [0.1, 0.15) is 5.82 Å². The van der Waals surface area contributed by atoms with Crippen LogP contribution in [0.25, 0.3) is 0 Å². The largest absolute Gasteiger partial charge is 0.340 e. The molecular formula is C16H19FN4O3. The summed E-state index contributed by atoms with van der Waals surface area (Å²) >= 11 is 0. The minimum atomic E-state index is -0.528. The first-order chi connectivity index (χ1) is 11.5. The average Bonchev–Trinajstić information content (AvgIpc) is 2.94. The highest BCUT2D eigenvalue weighted by molar-refractivity contribution is 5.40. The predicted octanol–water partition coefficient (Wildman–Crippen LogP) is 2.88. The molecule has 0 N–H and O–H groups in total. The summed E-state index contributed by atoms with van der Waals surface area (Å²) in [5.41, 5.74) is -0.00975. The molecule has 3 rings (SSSR count). The number of aryl methyl sites for hydroxylation is 1. The molecule has 0 amide bonds. The fourth-order valence-electron chi connectivity index (χ4n) is 3.24. The van der Waals surface area contributed by atoms with E-state index in [1.54, 1.807) is 6.92 Å². The Morgan fingerprint density at radius 2 is 2.33 bits per heavy atom. The minimum Gasteiger partial charge on any atom is -0.340 e. The van der Waals surface area contributed by atoms with Crippen molar-refractivity contribution in [3.63, 3.8) is 0 Å². The number of rotatable bonds is 5. The number of nitro groups is 1. The second-order valence-corrected chi connectivity index (χ2v) is 6.17. The van der Waals surface area contributed by atoms with Gasteiger partial charge in [-0.25, -0.2) is 4.39 Å². The standard InChI is InChI=1S/C16H19FN4O3/c1-11-18-16(19-24-11)8-12-4-3-7-20(9-12)10-13-14(17)5-2-6-15(13)21(22)23/h2,5-6,12H,3-4,7-10H2,1H3/t12-/m0/s1. The van der Waals surface area contributed by atoms with Crippen LogP contribution in [0.3, 0.4) is 0 Å². The van der Waals surface area contributed by atoms with Crippen molar-refractivity contribution in [2.45, 2.75) is 32.7 Å². The highest BCUT2D eigenvalue weighted by Crippen LogP contribution is 2.26. The first kappa shape index (κ1) is 16.5. The van der Waals surface area contributed by atoms with Crippen LogP contribution in [-0.4, -0.2) is 33.1 Å². The Labute approximate surface area is 138 Å². The molecule has 0 aliphatic carbocycles. The summed E-state index contributed by atoms with van der Waals surface area (Å²) in [5, 5.41) is 15.0. The molecule has 1 aromatic heterocycles. The van der Waals surface area contributed by atoms with E-state index in [2.05, 4.69) is 15.0 Å². The predicted molar refractivity (Wildman–Crippen MR) is 83.8 cm³/mol. The van der Waals surface area contributed by atoms with Crippen molar-refractivity contribution < 1.29 is 13.8 Å². The summed E-state index contributed by atoms with van der Waals surface area (Å²) in [6, 6.07) is 3.99. The molecule has 7 nitrogen and oxygen atoms in total. The third kappa shape index (κ3) is 3.76. The molecule has 24 heavy (non-hydrogen) atoms. The van der Waals surface area contributed by atoms with Gasteiger partial charge in [-0.2, -0.15) is 4.98 Å². The molecule has 0 saturated carbocycles. The summed E-state index contributed by atoms with van der Waals surface area (Å²) < 4.78 is 19.0. The molecule has 2 aromatic rings. The molecule has 0 spiro atoms. The van der Waals surface area contributed by atoms with Gasteiger partial charge >= 0.3 is 0 Å². The number of piperidine rings is 1. The monoisotopic (exact) mass is 334 g/mol. The first-order valence-electron chi connectivity index (χ1n) is 7.96. The van der Waals surface area contributed by atoms with Crippen LogP contribution in [0.1, 0.15) is 30.1 Å². The van der Waals surface area contributed by atoms with Crippen LogP contribution in [-0.2, 0) is 13.0 Å². The summed E-state index contributed by atoms with van der Waals surface area (Å²) in [6.07, 6.45) is 2.69. The maximum absolute atomic E-state index is 14.0. The lowest BCUT2D eigenvalue weighted by molar-refractivity contribution is -0.386. The van der Waals surface area contributed by atoms with Crippen molar-refractivity contribution in [2.24, 2.45) is 5.92 Å². The number of hydrogen-bond acceptors (Lipinski definition) is 6. The Hall–Kier alpha value is -2.35. The summed E-state index contributed by atoms with van der Waals surface area (Å²) in [7, 11) is 0. The highest BCUT2D eigenvalue weighted by Gasteiger charge is 2.25. The summed E-state index contributed by atoms with van der Waals surface area (Å²) in [4.78, 5) is 16.9. The van der Waals surface area contributed by atoms with Gasteiger partial charge in [0, 0.05) is 32.5 Å². The number of aromatic nitrogens is 2. The molecule has 0 bridgehead atoms.